The van der Waals surface area contributed by atoms with Gasteiger partial charge in [0.2, 0.25) is 0 Å². The molecule has 0 radical (unpaired) electrons. The Morgan fingerprint density at radius 1 is 1.16 bits per heavy atom. The van der Waals surface area contributed by atoms with E-state index in [9.17, 15) is 4.79 Å². The maximum atomic E-state index is 13.1. The number of hydrogen-bond donors (Lipinski definition) is 0. The summed E-state index contributed by atoms with van der Waals surface area (Å²) in [6, 6.07) is 15.2. The number of carbonyl (C=O) groups is 1. The molecule has 0 aliphatic carbocycles. The highest BCUT2D eigenvalue weighted by Gasteiger charge is 2.23. The van der Waals surface area contributed by atoms with Crippen molar-refractivity contribution in [2.75, 3.05) is 11.4 Å². The Bertz CT molecular complexity index is 1220. The minimum Gasteiger partial charge on any atom is -0.279 e. The van der Waals surface area contributed by atoms with E-state index in [0.29, 0.717) is 34.0 Å². The molecule has 0 bridgehead atoms. The molecule has 6 nitrogen and oxygen atoms in total. The number of hydrogen-bond acceptors (Lipinski definition) is 5. The van der Waals surface area contributed by atoms with Gasteiger partial charge in [0.25, 0.3) is 5.91 Å². The molecule has 0 atom stereocenters. The minimum absolute atomic E-state index is 0.240. The van der Waals surface area contributed by atoms with E-state index < -0.39 is 0 Å². The van der Waals surface area contributed by atoms with Crippen molar-refractivity contribution in [2.45, 2.75) is 6.54 Å². The lowest BCUT2D eigenvalue weighted by Gasteiger charge is -2.16. The van der Waals surface area contributed by atoms with Gasteiger partial charge >= 0.3 is 0 Å². The molecule has 0 aliphatic heterocycles. The third-order valence-corrected chi connectivity index (χ3v) is 6.04. The van der Waals surface area contributed by atoms with Crippen LogP contribution in [0.2, 0.25) is 10.0 Å². The summed E-state index contributed by atoms with van der Waals surface area (Å²) in [5, 5.41) is 11.5. The van der Waals surface area contributed by atoms with E-state index in [1.807, 2.05) is 41.8 Å². The predicted octanol–water partition coefficient (Wildman–Crippen LogP) is 5.59. The second-order valence-electron chi connectivity index (χ2n) is 6.64. The third kappa shape index (κ3) is 4.85. The fraction of sp³-hybridized carbons (Fsp3) is 0.0909. The maximum Gasteiger partial charge on any atom is 0.282 e. The van der Waals surface area contributed by atoms with Crippen molar-refractivity contribution in [1.29, 1.82) is 0 Å². The Morgan fingerprint density at radius 3 is 2.71 bits per heavy atom. The Balaban J connectivity index is 1.56. The van der Waals surface area contributed by atoms with Gasteiger partial charge in [-0.15, -0.1) is 23.0 Å². The number of nitrogens with zero attached hydrogens (tertiary/aromatic N) is 5. The van der Waals surface area contributed by atoms with Crippen molar-refractivity contribution in [3.8, 4) is 11.3 Å². The van der Waals surface area contributed by atoms with Gasteiger partial charge in [0.15, 0.2) is 10.8 Å². The van der Waals surface area contributed by atoms with Crippen LogP contribution in [0.25, 0.3) is 11.3 Å². The van der Waals surface area contributed by atoms with Crippen LogP contribution in [0.4, 0.5) is 5.13 Å². The van der Waals surface area contributed by atoms with Crippen LogP contribution in [0.5, 0.6) is 0 Å². The molecule has 0 saturated heterocycles. The van der Waals surface area contributed by atoms with Crippen molar-refractivity contribution >= 4 is 45.6 Å². The van der Waals surface area contributed by atoms with Crippen LogP contribution in [0.15, 0.2) is 72.8 Å². The number of aromatic nitrogens is 4. The van der Waals surface area contributed by atoms with Crippen molar-refractivity contribution in [1.82, 2.24) is 20.0 Å². The summed E-state index contributed by atoms with van der Waals surface area (Å²) in [6.07, 6.45) is 3.28. The summed E-state index contributed by atoms with van der Waals surface area (Å²) >= 11 is 13.5. The Morgan fingerprint density at radius 2 is 1.97 bits per heavy atom. The SMILES string of the molecule is C=CCN(C(=O)c1cn(Cc2ccccc2)nn1)c1nc(-c2ccc(Cl)c(Cl)c2)cs1. The normalized spacial score (nSPS) is 10.8. The molecule has 0 fully saturated rings. The quantitative estimate of drug-likeness (QED) is 0.331. The van der Waals surface area contributed by atoms with Gasteiger partial charge in [-0.3, -0.25) is 9.69 Å². The van der Waals surface area contributed by atoms with Crippen molar-refractivity contribution in [2.24, 2.45) is 0 Å². The Labute approximate surface area is 193 Å². The summed E-state index contributed by atoms with van der Waals surface area (Å²) in [7, 11) is 0. The zero-order valence-corrected chi connectivity index (χ0v) is 18.6. The summed E-state index contributed by atoms with van der Waals surface area (Å²) < 4.78 is 1.64. The van der Waals surface area contributed by atoms with E-state index in [4.69, 9.17) is 23.2 Å². The van der Waals surface area contributed by atoms with Crippen LogP contribution in [0.3, 0.4) is 0 Å². The van der Waals surface area contributed by atoms with Crippen LogP contribution >= 0.6 is 34.5 Å². The highest BCUT2D eigenvalue weighted by molar-refractivity contribution is 7.14. The first-order valence-corrected chi connectivity index (χ1v) is 11.0. The van der Waals surface area contributed by atoms with Gasteiger partial charge in [-0.1, -0.05) is 70.9 Å². The van der Waals surface area contributed by atoms with E-state index in [2.05, 4.69) is 21.9 Å². The van der Waals surface area contributed by atoms with Crippen LogP contribution in [0, 0.1) is 0 Å². The second-order valence-corrected chi connectivity index (χ2v) is 8.29. The molecule has 0 N–H and O–H groups in total. The van der Waals surface area contributed by atoms with E-state index in [-0.39, 0.29) is 11.6 Å². The largest absolute Gasteiger partial charge is 0.282 e. The first-order chi connectivity index (χ1) is 15.0. The Kier molecular flexibility index (Phi) is 6.46. The molecule has 4 aromatic rings. The second kappa shape index (κ2) is 9.43. The summed E-state index contributed by atoms with van der Waals surface area (Å²) in [5.74, 6) is -0.297. The zero-order chi connectivity index (χ0) is 21.8. The van der Waals surface area contributed by atoms with E-state index in [1.165, 1.54) is 16.2 Å². The molecule has 0 unspecified atom stereocenters. The lowest BCUT2D eigenvalue weighted by molar-refractivity contribution is 0.0985. The van der Waals surface area contributed by atoms with Crippen LogP contribution in [-0.4, -0.2) is 32.4 Å². The number of amides is 1. The van der Waals surface area contributed by atoms with Crippen molar-refractivity contribution in [3.05, 3.63) is 94.1 Å². The lowest BCUT2D eigenvalue weighted by atomic mass is 10.2. The Hall–Kier alpha value is -3.00. The molecular weight excluding hydrogens is 453 g/mol. The van der Waals surface area contributed by atoms with Crippen LogP contribution in [-0.2, 0) is 6.54 Å². The van der Waals surface area contributed by atoms with Crippen molar-refractivity contribution in [3.63, 3.8) is 0 Å². The molecule has 9 heteroatoms. The maximum absolute atomic E-state index is 13.1. The molecule has 2 aromatic carbocycles. The highest BCUT2D eigenvalue weighted by atomic mass is 35.5. The molecule has 2 aromatic heterocycles. The molecule has 2 heterocycles. The number of halogens is 2. The topological polar surface area (TPSA) is 63.9 Å². The summed E-state index contributed by atoms with van der Waals surface area (Å²) in [6.45, 7) is 4.58. The highest BCUT2D eigenvalue weighted by Crippen LogP contribution is 2.32. The van der Waals surface area contributed by atoms with Gasteiger partial charge in [0.1, 0.15) is 0 Å². The van der Waals surface area contributed by atoms with Gasteiger partial charge in [-0.25, -0.2) is 9.67 Å². The van der Waals surface area contributed by atoms with Crippen molar-refractivity contribution < 1.29 is 4.79 Å². The summed E-state index contributed by atoms with van der Waals surface area (Å²) in [5.41, 5.74) is 2.83. The van der Waals surface area contributed by atoms with Crippen LogP contribution < -0.4 is 4.90 Å². The summed E-state index contributed by atoms with van der Waals surface area (Å²) in [4.78, 5) is 19.3. The fourth-order valence-corrected chi connectivity index (χ4v) is 4.08. The number of rotatable bonds is 7. The standard InChI is InChI=1S/C22H17Cl2N5OS/c1-2-10-29(22-25-20(14-31-22)16-8-9-17(23)18(24)11-16)21(30)19-13-28(27-26-19)12-15-6-4-3-5-7-15/h2-9,11,13-14H,1,10,12H2. The lowest BCUT2D eigenvalue weighted by Crippen LogP contribution is -2.31. The predicted molar refractivity (Wildman–Crippen MR) is 125 cm³/mol. The van der Waals surface area contributed by atoms with Gasteiger partial charge in [0.05, 0.1) is 28.5 Å². The van der Waals surface area contributed by atoms with Gasteiger partial charge in [0, 0.05) is 17.5 Å². The average Bonchev–Trinajstić information content (AvgIpc) is 3.44. The smallest absolute Gasteiger partial charge is 0.279 e. The fourth-order valence-electron chi connectivity index (χ4n) is 2.94. The van der Waals surface area contributed by atoms with Gasteiger partial charge in [-0.05, 0) is 17.7 Å². The molecule has 0 spiro atoms. The molecule has 0 saturated carbocycles. The number of carbonyl (C=O) groups excluding carboxylic acids is 1. The number of benzene rings is 2. The molecule has 156 valence electrons. The van der Waals surface area contributed by atoms with Gasteiger partial charge in [-0.2, -0.15) is 0 Å². The number of anilines is 1. The van der Waals surface area contributed by atoms with Crippen LogP contribution in [0.1, 0.15) is 16.1 Å². The molecule has 0 aliphatic rings. The third-order valence-electron chi connectivity index (χ3n) is 4.44. The average molecular weight is 470 g/mol. The van der Waals surface area contributed by atoms with Gasteiger partial charge < -0.3 is 0 Å². The van der Waals surface area contributed by atoms with E-state index in [0.717, 1.165) is 11.1 Å². The molecule has 4 rings (SSSR count). The minimum atomic E-state index is -0.297. The van der Waals surface area contributed by atoms with E-state index >= 15 is 0 Å². The molecule has 1 amide bonds. The first kappa shape index (κ1) is 21.2. The monoisotopic (exact) mass is 469 g/mol. The van der Waals surface area contributed by atoms with E-state index in [1.54, 1.807) is 29.1 Å². The first-order valence-electron chi connectivity index (χ1n) is 9.33. The molecular formula is C22H17Cl2N5OS. The molecule has 31 heavy (non-hydrogen) atoms. The zero-order valence-electron chi connectivity index (χ0n) is 16.3. The number of thiazole rings is 1.